The van der Waals surface area contributed by atoms with Crippen LogP contribution in [0.15, 0.2) is 11.6 Å². The van der Waals surface area contributed by atoms with E-state index >= 15 is 0 Å². The number of nitrogens with zero attached hydrogens (tertiary/aromatic N) is 4. The van der Waals surface area contributed by atoms with Crippen LogP contribution < -0.4 is 5.32 Å². The van der Waals surface area contributed by atoms with Crippen LogP contribution in [0.3, 0.4) is 0 Å². The summed E-state index contributed by atoms with van der Waals surface area (Å²) in [6.45, 7) is 0.124. The van der Waals surface area contributed by atoms with E-state index in [1.54, 1.807) is 16.9 Å². The summed E-state index contributed by atoms with van der Waals surface area (Å²) in [6, 6.07) is 0. The van der Waals surface area contributed by atoms with Gasteiger partial charge in [-0.05, 0) is 6.92 Å². The molecule has 6 nitrogen and oxygen atoms in total. The summed E-state index contributed by atoms with van der Waals surface area (Å²) in [5.74, 6) is -0.919. The molecule has 0 radical (unpaired) electrons. The Morgan fingerprint density at radius 3 is 2.84 bits per heavy atom. The summed E-state index contributed by atoms with van der Waals surface area (Å²) in [7, 11) is 0. The molecule has 0 aromatic carbocycles. The highest BCUT2D eigenvalue weighted by Crippen LogP contribution is 2.15. The molecule has 1 amide bonds. The Balaban J connectivity index is 2.16. The fourth-order valence-corrected chi connectivity index (χ4v) is 1.94. The standard InChI is InChI=1S/C9H8F3N5OS/c1-5-6(7(18)14-4-9(10,11)12)15-16-17(5)8-13-2-3-19-8/h2-3H,4H2,1H3,(H,14,18). The van der Waals surface area contributed by atoms with Gasteiger partial charge in [-0.15, -0.1) is 16.4 Å². The van der Waals surface area contributed by atoms with E-state index in [1.807, 2.05) is 0 Å². The second-order valence-corrected chi connectivity index (χ2v) is 4.42. The third kappa shape index (κ3) is 3.08. The molecule has 0 saturated carbocycles. The van der Waals surface area contributed by atoms with Gasteiger partial charge in [0.15, 0.2) is 5.69 Å². The first-order valence-electron chi connectivity index (χ1n) is 5.05. The van der Waals surface area contributed by atoms with Gasteiger partial charge in [0, 0.05) is 11.6 Å². The van der Waals surface area contributed by atoms with E-state index in [-0.39, 0.29) is 5.69 Å². The summed E-state index contributed by atoms with van der Waals surface area (Å²) in [5.41, 5.74) is 0.175. The van der Waals surface area contributed by atoms with E-state index in [2.05, 4.69) is 15.3 Å². The zero-order chi connectivity index (χ0) is 14.0. The quantitative estimate of drug-likeness (QED) is 0.925. The fourth-order valence-electron chi connectivity index (χ4n) is 1.31. The number of carbonyl (C=O) groups is 1. The molecule has 2 rings (SSSR count). The number of hydrogen-bond acceptors (Lipinski definition) is 5. The molecule has 2 heterocycles. The molecule has 0 atom stereocenters. The van der Waals surface area contributed by atoms with Gasteiger partial charge in [0.05, 0.1) is 5.69 Å². The topological polar surface area (TPSA) is 72.7 Å². The van der Waals surface area contributed by atoms with Gasteiger partial charge in [0.2, 0.25) is 5.13 Å². The van der Waals surface area contributed by atoms with Crippen molar-refractivity contribution >= 4 is 17.2 Å². The third-order valence-electron chi connectivity index (χ3n) is 2.16. The molecule has 0 unspecified atom stereocenters. The van der Waals surface area contributed by atoms with Crippen LogP contribution in [0.25, 0.3) is 5.13 Å². The molecule has 0 bridgehead atoms. The largest absolute Gasteiger partial charge is 0.405 e. The highest BCUT2D eigenvalue weighted by Gasteiger charge is 2.29. The Morgan fingerprint density at radius 1 is 1.53 bits per heavy atom. The van der Waals surface area contributed by atoms with Gasteiger partial charge in [-0.1, -0.05) is 5.21 Å². The van der Waals surface area contributed by atoms with Gasteiger partial charge < -0.3 is 5.32 Å². The van der Waals surface area contributed by atoms with Crippen molar-refractivity contribution in [3.63, 3.8) is 0 Å². The van der Waals surface area contributed by atoms with Gasteiger partial charge in [0.25, 0.3) is 5.91 Å². The van der Waals surface area contributed by atoms with Crippen LogP contribution in [0.4, 0.5) is 13.2 Å². The highest BCUT2D eigenvalue weighted by molar-refractivity contribution is 7.12. The summed E-state index contributed by atoms with van der Waals surface area (Å²) < 4.78 is 37.3. The first-order chi connectivity index (χ1) is 8.88. The fraction of sp³-hybridized carbons (Fsp3) is 0.333. The van der Waals surface area contributed by atoms with Crippen molar-refractivity contribution in [3.8, 4) is 5.13 Å². The van der Waals surface area contributed by atoms with Crippen LogP contribution in [0.5, 0.6) is 0 Å². The summed E-state index contributed by atoms with van der Waals surface area (Å²) >= 11 is 1.27. The number of hydrogen-bond donors (Lipinski definition) is 1. The van der Waals surface area contributed by atoms with Crippen molar-refractivity contribution in [2.75, 3.05) is 6.54 Å². The predicted molar refractivity (Wildman–Crippen MR) is 60.2 cm³/mol. The first kappa shape index (κ1) is 13.5. The normalized spacial score (nSPS) is 11.6. The minimum atomic E-state index is -4.46. The van der Waals surface area contributed by atoms with Crippen molar-refractivity contribution in [1.29, 1.82) is 0 Å². The maximum absolute atomic E-state index is 12.0. The molecule has 0 aliphatic carbocycles. The number of carbonyl (C=O) groups excluding carboxylic acids is 1. The van der Waals surface area contributed by atoms with E-state index in [4.69, 9.17) is 0 Å². The number of aromatic nitrogens is 4. The lowest BCUT2D eigenvalue weighted by molar-refractivity contribution is -0.123. The van der Waals surface area contributed by atoms with Crippen molar-refractivity contribution in [1.82, 2.24) is 25.3 Å². The molecule has 0 aliphatic rings. The second-order valence-electron chi connectivity index (χ2n) is 3.55. The van der Waals surface area contributed by atoms with Gasteiger partial charge in [-0.25, -0.2) is 4.98 Å². The number of thiazole rings is 1. The van der Waals surface area contributed by atoms with E-state index in [9.17, 15) is 18.0 Å². The predicted octanol–water partition coefficient (Wildman–Crippen LogP) is 1.32. The smallest absolute Gasteiger partial charge is 0.341 e. The lowest BCUT2D eigenvalue weighted by Crippen LogP contribution is -2.34. The number of halogens is 3. The highest BCUT2D eigenvalue weighted by atomic mass is 32.1. The maximum Gasteiger partial charge on any atom is 0.405 e. The molecule has 0 spiro atoms. The summed E-state index contributed by atoms with van der Waals surface area (Å²) in [4.78, 5) is 15.5. The second kappa shape index (κ2) is 4.96. The van der Waals surface area contributed by atoms with Crippen LogP contribution >= 0.6 is 11.3 Å². The van der Waals surface area contributed by atoms with E-state index in [1.165, 1.54) is 22.9 Å². The molecule has 2 aromatic heterocycles. The van der Waals surface area contributed by atoms with Gasteiger partial charge in [-0.3, -0.25) is 4.79 Å². The van der Waals surface area contributed by atoms with Crippen molar-refractivity contribution < 1.29 is 18.0 Å². The zero-order valence-corrected chi connectivity index (χ0v) is 10.4. The first-order valence-corrected chi connectivity index (χ1v) is 5.93. The molecule has 0 fully saturated rings. The van der Waals surface area contributed by atoms with E-state index in [0.717, 1.165) is 0 Å². The Kier molecular flexibility index (Phi) is 3.51. The molecular weight excluding hydrogens is 283 g/mol. The molecule has 2 aromatic rings. The minimum Gasteiger partial charge on any atom is -0.341 e. The Labute approximate surface area is 109 Å². The monoisotopic (exact) mass is 291 g/mol. The Hall–Kier alpha value is -1.97. The van der Waals surface area contributed by atoms with Gasteiger partial charge in [-0.2, -0.15) is 17.9 Å². The van der Waals surface area contributed by atoms with Crippen molar-refractivity contribution in [3.05, 3.63) is 23.0 Å². The van der Waals surface area contributed by atoms with E-state index < -0.39 is 18.6 Å². The van der Waals surface area contributed by atoms with E-state index in [0.29, 0.717) is 10.8 Å². The minimum absolute atomic E-state index is 0.153. The molecule has 0 aliphatic heterocycles. The molecule has 0 saturated heterocycles. The van der Waals surface area contributed by atoms with Gasteiger partial charge >= 0.3 is 6.18 Å². The number of nitrogens with one attached hydrogen (secondary N) is 1. The maximum atomic E-state index is 12.0. The van der Waals surface area contributed by atoms with Crippen LogP contribution in [0.2, 0.25) is 0 Å². The summed E-state index contributed by atoms with van der Waals surface area (Å²) in [6.07, 6.45) is -2.92. The number of rotatable bonds is 3. The van der Waals surface area contributed by atoms with Crippen LogP contribution in [0.1, 0.15) is 16.2 Å². The number of amides is 1. The summed E-state index contributed by atoms with van der Waals surface area (Å²) in [5, 5.41) is 11.2. The Bertz CT molecular complexity index is 577. The van der Waals surface area contributed by atoms with Crippen LogP contribution in [-0.4, -0.2) is 38.6 Å². The zero-order valence-electron chi connectivity index (χ0n) is 9.60. The molecular formula is C9H8F3N5OS. The molecule has 10 heteroatoms. The lowest BCUT2D eigenvalue weighted by Gasteiger charge is -2.07. The SMILES string of the molecule is Cc1c(C(=O)NCC(F)(F)F)nnn1-c1nccs1. The molecule has 1 N–H and O–H groups in total. The van der Waals surface area contributed by atoms with Crippen molar-refractivity contribution in [2.45, 2.75) is 13.1 Å². The van der Waals surface area contributed by atoms with Crippen LogP contribution in [-0.2, 0) is 0 Å². The van der Waals surface area contributed by atoms with Crippen LogP contribution in [0, 0.1) is 6.92 Å². The van der Waals surface area contributed by atoms with Gasteiger partial charge in [0.1, 0.15) is 6.54 Å². The average molecular weight is 291 g/mol. The number of alkyl halides is 3. The molecule has 19 heavy (non-hydrogen) atoms. The Morgan fingerprint density at radius 2 is 2.26 bits per heavy atom. The average Bonchev–Trinajstić information content (AvgIpc) is 2.93. The molecule has 102 valence electrons. The van der Waals surface area contributed by atoms with Crippen molar-refractivity contribution in [2.24, 2.45) is 0 Å². The lowest BCUT2D eigenvalue weighted by atomic mass is 10.3. The third-order valence-corrected chi connectivity index (χ3v) is 2.91.